The number of rotatable bonds is 5. The largest absolute Gasteiger partial charge is 0.305 e. The van der Waals surface area contributed by atoms with Crippen LogP contribution in [0.5, 0.6) is 0 Å². The van der Waals surface area contributed by atoms with Gasteiger partial charge in [-0.1, -0.05) is 24.6 Å². The topological polar surface area (TPSA) is 47.9 Å². The summed E-state index contributed by atoms with van der Waals surface area (Å²) in [6, 6.07) is 7.47. The Kier molecular flexibility index (Phi) is 5.04. The summed E-state index contributed by atoms with van der Waals surface area (Å²) in [4.78, 5) is 0. The lowest BCUT2D eigenvalue weighted by Gasteiger charge is -2.13. The van der Waals surface area contributed by atoms with Crippen molar-refractivity contribution >= 4 is 23.0 Å². The van der Waals surface area contributed by atoms with Crippen LogP contribution in [0.25, 0.3) is 0 Å². The van der Waals surface area contributed by atoms with E-state index in [1.807, 2.05) is 45.0 Å². The number of nitrogens with one attached hydrogen (secondary N) is 3. The number of hydrogen-bond acceptors (Lipinski definition) is 3. The molecule has 1 rings (SSSR count). The molecule has 0 aliphatic carbocycles. The monoisotopic (exact) mass is 251 g/mol. The van der Waals surface area contributed by atoms with E-state index in [1.54, 1.807) is 0 Å². The van der Waals surface area contributed by atoms with Gasteiger partial charge in [0, 0.05) is 16.4 Å². The van der Waals surface area contributed by atoms with Gasteiger partial charge in [-0.25, -0.2) is 0 Å². The maximum absolute atomic E-state index is 7.74. The Morgan fingerprint density at radius 3 is 2.65 bits per heavy atom. The molecule has 0 saturated heterocycles. The molecule has 0 aliphatic heterocycles. The average molecular weight is 252 g/mol. The SMILES string of the molecule is CCC(=N)C(C)=C(C)NNc1cccc(Cl)c1. The summed E-state index contributed by atoms with van der Waals surface area (Å²) in [5, 5.41) is 8.44. The summed E-state index contributed by atoms with van der Waals surface area (Å²) >= 11 is 5.88. The van der Waals surface area contributed by atoms with Crippen LogP contribution in [0.4, 0.5) is 5.69 Å². The van der Waals surface area contributed by atoms with Gasteiger partial charge in [-0.3, -0.25) is 0 Å². The van der Waals surface area contributed by atoms with E-state index >= 15 is 0 Å². The molecule has 0 radical (unpaired) electrons. The second kappa shape index (κ2) is 6.30. The zero-order valence-corrected chi connectivity index (χ0v) is 11.2. The molecule has 0 atom stereocenters. The zero-order chi connectivity index (χ0) is 12.8. The molecule has 0 spiro atoms. The summed E-state index contributed by atoms with van der Waals surface area (Å²) in [5.74, 6) is 0. The predicted molar refractivity (Wildman–Crippen MR) is 74.6 cm³/mol. The highest BCUT2D eigenvalue weighted by molar-refractivity contribution is 6.30. The van der Waals surface area contributed by atoms with Gasteiger partial charge in [-0.05, 0) is 44.0 Å². The molecule has 4 heteroatoms. The summed E-state index contributed by atoms with van der Waals surface area (Å²) in [6.07, 6.45) is 0.738. The summed E-state index contributed by atoms with van der Waals surface area (Å²) in [6.45, 7) is 5.86. The lowest BCUT2D eigenvalue weighted by Crippen LogP contribution is -2.21. The van der Waals surface area contributed by atoms with E-state index in [4.69, 9.17) is 17.0 Å². The molecule has 0 heterocycles. The van der Waals surface area contributed by atoms with E-state index < -0.39 is 0 Å². The third-order valence-electron chi connectivity index (χ3n) is 2.59. The lowest BCUT2D eigenvalue weighted by atomic mass is 10.1. The second-order valence-corrected chi connectivity index (χ2v) is 4.28. The molecular weight excluding hydrogens is 234 g/mol. The van der Waals surface area contributed by atoms with Gasteiger partial charge in [0.1, 0.15) is 0 Å². The number of halogens is 1. The quantitative estimate of drug-likeness (QED) is 0.548. The highest BCUT2D eigenvalue weighted by Gasteiger charge is 2.01. The third kappa shape index (κ3) is 4.11. The molecule has 0 saturated carbocycles. The van der Waals surface area contributed by atoms with E-state index in [2.05, 4.69) is 10.9 Å². The van der Waals surface area contributed by atoms with E-state index in [9.17, 15) is 0 Å². The number of hydrogen-bond donors (Lipinski definition) is 3. The summed E-state index contributed by atoms with van der Waals surface area (Å²) in [7, 11) is 0. The normalized spacial score (nSPS) is 11.8. The van der Waals surface area contributed by atoms with Crippen molar-refractivity contribution in [3.63, 3.8) is 0 Å². The standard InChI is InChI=1S/C13H18ClN3/c1-4-13(15)9(2)10(3)16-17-12-7-5-6-11(14)8-12/h5-8,15-17H,4H2,1-3H3. The van der Waals surface area contributed by atoms with Crippen molar-refractivity contribution < 1.29 is 0 Å². The fourth-order valence-corrected chi connectivity index (χ4v) is 1.51. The minimum Gasteiger partial charge on any atom is -0.305 e. The maximum Gasteiger partial charge on any atom is 0.0554 e. The van der Waals surface area contributed by atoms with E-state index in [-0.39, 0.29) is 0 Å². The Morgan fingerprint density at radius 1 is 1.35 bits per heavy atom. The highest BCUT2D eigenvalue weighted by Crippen LogP contribution is 2.14. The number of anilines is 1. The Bertz CT molecular complexity index is 438. The maximum atomic E-state index is 7.74. The highest BCUT2D eigenvalue weighted by atomic mass is 35.5. The molecule has 0 aromatic heterocycles. The zero-order valence-electron chi connectivity index (χ0n) is 10.4. The Balaban J connectivity index is 2.65. The van der Waals surface area contributed by atoms with Crippen LogP contribution < -0.4 is 10.9 Å². The van der Waals surface area contributed by atoms with Gasteiger partial charge in [0.05, 0.1) is 5.69 Å². The van der Waals surface area contributed by atoms with Crippen LogP contribution in [-0.2, 0) is 0 Å². The first kappa shape index (κ1) is 13.6. The molecule has 0 aliphatic rings. The van der Waals surface area contributed by atoms with Crippen LogP contribution in [0.1, 0.15) is 27.2 Å². The smallest absolute Gasteiger partial charge is 0.0554 e. The minimum atomic E-state index is 0.642. The lowest BCUT2D eigenvalue weighted by molar-refractivity contribution is 0.943. The number of hydrazine groups is 1. The molecule has 92 valence electrons. The number of benzene rings is 1. The van der Waals surface area contributed by atoms with Crippen LogP contribution >= 0.6 is 11.6 Å². The Labute approximate surface area is 107 Å². The Hall–Kier alpha value is -1.48. The van der Waals surface area contributed by atoms with Crippen molar-refractivity contribution in [3.05, 3.63) is 40.6 Å². The van der Waals surface area contributed by atoms with Crippen molar-refractivity contribution in [3.8, 4) is 0 Å². The van der Waals surface area contributed by atoms with Crippen molar-refractivity contribution in [1.82, 2.24) is 5.43 Å². The molecule has 3 nitrogen and oxygen atoms in total. The second-order valence-electron chi connectivity index (χ2n) is 3.84. The first-order chi connectivity index (χ1) is 8.04. The average Bonchev–Trinajstić information content (AvgIpc) is 2.34. The molecule has 17 heavy (non-hydrogen) atoms. The molecule has 0 fully saturated rings. The fourth-order valence-electron chi connectivity index (χ4n) is 1.32. The van der Waals surface area contributed by atoms with Gasteiger partial charge in [0.2, 0.25) is 0 Å². The first-order valence-corrected chi connectivity index (χ1v) is 5.95. The molecular formula is C13H18ClN3. The third-order valence-corrected chi connectivity index (χ3v) is 2.82. The Morgan fingerprint density at radius 2 is 2.06 bits per heavy atom. The van der Waals surface area contributed by atoms with Crippen molar-refractivity contribution in [2.75, 3.05) is 5.43 Å². The van der Waals surface area contributed by atoms with Gasteiger partial charge in [0.25, 0.3) is 0 Å². The van der Waals surface area contributed by atoms with Gasteiger partial charge < -0.3 is 16.3 Å². The molecule has 0 bridgehead atoms. The van der Waals surface area contributed by atoms with Crippen LogP contribution in [0.15, 0.2) is 35.5 Å². The van der Waals surface area contributed by atoms with Crippen LogP contribution in [0.3, 0.4) is 0 Å². The van der Waals surface area contributed by atoms with Gasteiger partial charge >= 0.3 is 0 Å². The van der Waals surface area contributed by atoms with Crippen LogP contribution in [0, 0.1) is 5.41 Å². The van der Waals surface area contributed by atoms with Crippen molar-refractivity contribution in [2.24, 2.45) is 0 Å². The van der Waals surface area contributed by atoms with Crippen molar-refractivity contribution in [2.45, 2.75) is 27.2 Å². The van der Waals surface area contributed by atoms with Gasteiger partial charge in [0.15, 0.2) is 0 Å². The first-order valence-electron chi connectivity index (χ1n) is 5.57. The molecule has 0 unspecified atom stereocenters. The summed E-state index contributed by atoms with van der Waals surface area (Å²) in [5.41, 5.74) is 9.57. The van der Waals surface area contributed by atoms with Crippen LogP contribution in [-0.4, -0.2) is 5.71 Å². The van der Waals surface area contributed by atoms with E-state index in [0.29, 0.717) is 10.7 Å². The van der Waals surface area contributed by atoms with E-state index in [1.165, 1.54) is 0 Å². The molecule has 1 aromatic carbocycles. The van der Waals surface area contributed by atoms with Gasteiger partial charge in [-0.2, -0.15) is 0 Å². The van der Waals surface area contributed by atoms with Gasteiger partial charge in [-0.15, -0.1) is 0 Å². The van der Waals surface area contributed by atoms with Crippen molar-refractivity contribution in [1.29, 1.82) is 5.41 Å². The van der Waals surface area contributed by atoms with E-state index in [0.717, 1.165) is 23.4 Å². The molecule has 1 aromatic rings. The fraction of sp³-hybridized carbons (Fsp3) is 0.308. The predicted octanol–water partition coefficient (Wildman–Crippen LogP) is 3.98. The molecule has 0 amide bonds. The minimum absolute atomic E-state index is 0.642. The number of allylic oxidation sites excluding steroid dienone is 2. The van der Waals surface area contributed by atoms with Crippen LogP contribution in [0.2, 0.25) is 5.02 Å². The summed E-state index contributed by atoms with van der Waals surface area (Å²) < 4.78 is 0. The molecule has 3 N–H and O–H groups in total.